The van der Waals surface area contributed by atoms with Gasteiger partial charge in [0.25, 0.3) is 0 Å². The second kappa shape index (κ2) is 4.64. The summed E-state index contributed by atoms with van der Waals surface area (Å²) >= 11 is 0. The maximum Gasteiger partial charge on any atom is 0.170 e. The molecular formula is C14H19N5. The highest BCUT2D eigenvalue weighted by Crippen LogP contribution is 2.34. The lowest BCUT2D eigenvalue weighted by atomic mass is 10.1. The minimum atomic E-state index is 0.525. The summed E-state index contributed by atoms with van der Waals surface area (Å²) in [6.07, 6.45) is 2.40. The number of hydrogen-bond donors (Lipinski definition) is 0. The van der Waals surface area contributed by atoms with E-state index in [1.807, 2.05) is 4.68 Å². The zero-order valence-electron chi connectivity index (χ0n) is 11.7. The van der Waals surface area contributed by atoms with E-state index in [4.69, 9.17) is 0 Å². The molecule has 5 nitrogen and oxygen atoms in total. The van der Waals surface area contributed by atoms with Crippen molar-refractivity contribution in [3.05, 3.63) is 35.2 Å². The number of nitrogens with zero attached hydrogens (tertiary/aromatic N) is 5. The molecule has 0 bridgehead atoms. The van der Waals surface area contributed by atoms with Crippen molar-refractivity contribution < 1.29 is 0 Å². The molecule has 100 valence electrons. The molecule has 2 aromatic rings. The Morgan fingerprint density at radius 3 is 2.79 bits per heavy atom. The normalized spacial score (nSPS) is 14.7. The minimum Gasteiger partial charge on any atom is -0.367 e. The Hall–Kier alpha value is -1.91. The number of aromatic nitrogens is 4. The van der Waals surface area contributed by atoms with Crippen molar-refractivity contribution in [2.24, 2.45) is 0 Å². The van der Waals surface area contributed by atoms with Crippen molar-refractivity contribution >= 4 is 5.69 Å². The molecule has 0 amide bonds. The molecule has 19 heavy (non-hydrogen) atoms. The van der Waals surface area contributed by atoms with E-state index < -0.39 is 0 Å². The molecule has 1 aromatic heterocycles. The largest absolute Gasteiger partial charge is 0.367 e. The van der Waals surface area contributed by atoms with Crippen LogP contribution in [-0.4, -0.2) is 27.3 Å². The number of benzene rings is 1. The Bertz CT molecular complexity index is 585. The van der Waals surface area contributed by atoms with E-state index in [9.17, 15) is 0 Å². The molecule has 1 aromatic carbocycles. The highest BCUT2D eigenvalue weighted by molar-refractivity contribution is 5.53. The van der Waals surface area contributed by atoms with Gasteiger partial charge < -0.3 is 4.90 Å². The molecule has 0 radical (unpaired) electrons. The zero-order chi connectivity index (χ0) is 13.4. The molecule has 1 aliphatic carbocycles. The lowest BCUT2D eigenvalue weighted by Crippen LogP contribution is -2.20. The Morgan fingerprint density at radius 2 is 2.11 bits per heavy atom. The zero-order valence-corrected chi connectivity index (χ0v) is 11.7. The molecule has 0 unspecified atom stereocenters. The van der Waals surface area contributed by atoms with Crippen LogP contribution in [0.15, 0.2) is 18.2 Å². The average Bonchev–Trinajstić information content (AvgIpc) is 3.10. The Morgan fingerprint density at radius 1 is 1.32 bits per heavy atom. The number of anilines is 1. The van der Waals surface area contributed by atoms with E-state index in [0.717, 1.165) is 12.4 Å². The fourth-order valence-corrected chi connectivity index (χ4v) is 2.45. The summed E-state index contributed by atoms with van der Waals surface area (Å²) in [4.78, 5) is 2.21. The summed E-state index contributed by atoms with van der Waals surface area (Å²) in [5.41, 5.74) is 3.81. The van der Waals surface area contributed by atoms with Crippen molar-refractivity contribution in [3.63, 3.8) is 0 Å². The first-order chi connectivity index (χ1) is 9.15. The van der Waals surface area contributed by atoms with E-state index in [1.54, 1.807) is 0 Å². The van der Waals surface area contributed by atoms with Gasteiger partial charge in [0.2, 0.25) is 0 Å². The minimum absolute atomic E-state index is 0.525. The van der Waals surface area contributed by atoms with Crippen LogP contribution in [0.5, 0.6) is 0 Å². The number of hydrogen-bond acceptors (Lipinski definition) is 4. The fourth-order valence-electron chi connectivity index (χ4n) is 2.45. The molecule has 0 N–H and O–H groups in total. The molecule has 1 fully saturated rings. The first-order valence-corrected chi connectivity index (χ1v) is 6.70. The third-order valence-electron chi connectivity index (χ3n) is 3.60. The molecule has 5 heteroatoms. The van der Waals surface area contributed by atoms with Gasteiger partial charge in [-0.1, -0.05) is 17.7 Å². The smallest absolute Gasteiger partial charge is 0.170 e. The quantitative estimate of drug-likeness (QED) is 0.843. The van der Waals surface area contributed by atoms with E-state index in [1.165, 1.54) is 29.7 Å². The van der Waals surface area contributed by atoms with Gasteiger partial charge in [-0.3, -0.25) is 0 Å². The number of tetrazole rings is 1. The SMILES string of the molecule is Cc1ccc(N(C)Cc2nnnn2C2CC2)c(C)c1. The lowest BCUT2D eigenvalue weighted by molar-refractivity contribution is 0.579. The van der Waals surface area contributed by atoms with Crippen LogP contribution in [0.2, 0.25) is 0 Å². The summed E-state index contributed by atoms with van der Waals surface area (Å²) in [5, 5.41) is 12.0. The number of rotatable bonds is 4. The summed E-state index contributed by atoms with van der Waals surface area (Å²) in [7, 11) is 2.09. The second-order valence-corrected chi connectivity index (χ2v) is 5.42. The fraction of sp³-hybridized carbons (Fsp3) is 0.500. The third-order valence-corrected chi connectivity index (χ3v) is 3.60. The highest BCUT2D eigenvalue weighted by Gasteiger charge is 2.28. The van der Waals surface area contributed by atoms with Gasteiger partial charge in [0, 0.05) is 12.7 Å². The third kappa shape index (κ3) is 2.45. The molecule has 0 saturated heterocycles. The van der Waals surface area contributed by atoms with Crippen LogP contribution in [-0.2, 0) is 6.54 Å². The van der Waals surface area contributed by atoms with Crippen LogP contribution in [0.25, 0.3) is 0 Å². The standard InChI is InChI=1S/C14H19N5/c1-10-4-7-13(11(2)8-10)18(3)9-14-15-16-17-19(14)12-5-6-12/h4,7-8,12H,5-6,9H2,1-3H3. The monoisotopic (exact) mass is 257 g/mol. The van der Waals surface area contributed by atoms with Gasteiger partial charge in [0.1, 0.15) is 0 Å². The predicted molar refractivity (Wildman–Crippen MR) is 74.1 cm³/mol. The van der Waals surface area contributed by atoms with Gasteiger partial charge in [0.05, 0.1) is 12.6 Å². The average molecular weight is 257 g/mol. The van der Waals surface area contributed by atoms with E-state index in [0.29, 0.717) is 6.04 Å². The van der Waals surface area contributed by atoms with E-state index >= 15 is 0 Å². The first-order valence-electron chi connectivity index (χ1n) is 6.70. The molecule has 3 rings (SSSR count). The van der Waals surface area contributed by atoms with Crippen molar-refractivity contribution in [2.75, 3.05) is 11.9 Å². The van der Waals surface area contributed by atoms with Gasteiger partial charge in [-0.05, 0) is 48.7 Å². The maximum atomic E-state index is 4.15. The van der Waals surface area contributed by atoms with Crippen LogP contribution >= 0.6 is 0 Å². The van der Waals surface area contributed by atoms with Crippen LogP contribution in [0.1, 0.15) is 35.8 Å². The first kappa shape index (κ1) is 12.1. The Balaban J connectivity index is 1.80. The lowest BCUT2D eigenvalue weighted by Gasteiger charge is -2.21. The molecule has 1 heterocycles. The summed E-state index contributed by atoms with van der Waals surface area (Å²) in [5.74, 6) is 0.949. The van der Waals surface area contributed by atoms with Gasteiger partial charge in [-0.15, -0.1) is 5.10 Å². The van der Waals surface area contributed by atoms with Crippen molar-refractivity contribution in [3.8, 4) is 0 Å². The highest BCUT2D eigenvalue weighted by atomic mass is 15.6. The van der Waals surface area contributed by atoms with Gasteiger partial charge in [0.15, 0.2) is 5.82 Å². The van der Waals surface area contributed by atoms with E-state index in [-0.39, 0.29) is 0 Å². The van der Waals surface area contributed by atoms with Gasteiger partial charge in [-0.2, -0.15) is 0 Å². The summed E-state index contributed by atoms with van der Waals surface area (Å²) < 4.78 is 1.97. The molecule has 0 spiro atoms. The van der Waals surface area contributed by atoms with Crippen molar-refractivity contribution in [1.29, 1.82) is 0 Å². The van der Waals surface area contributed by atoms with Crippen LogP contribution in [0.3, 0.4) is 0 Å². The topological polar surface area (TPSA) is 46.8 Å². The predicted octanol–water partition coefficient (Wildman–Crippen LogP) is 2.26. The maximum absolute atomic E-state index is 4.15. The molecule has 1 saturated carbocycles. The molecule has 1 aliphatic rings. The summed E-state index contributed by atoms with van der Waals surface area (Å²) in [6.45, 7) is 5.00. The van der Waals surface area contributed by atoms with Crippen LogP contribution in [0.4, 0.5) is 5.69 Å². The summed E-state index contributed by atoms with van der Waals surface area (Å²) in [6, 6.07) is 7.03. The molecule has 0 aliphatic heterocycles. The van der Waals surface area contributed by atoms with Crippen molar-refractivity contribution in [1.82, 2.24) is 20.2 Å². The van der Waals surface area contributed by atoms with Gasteiger partial charge >= 0.3 is 0 Å². The number of aryl methyl sites for hydroxylation is 2. The van der Waals surface area contributed by atoms with E-state index in [2.05, 4.69) is 59.5 Å². The molecule has 0 atom stereocenters. The van der Waals surface area contributed by atoms with Gasteiger partial charge in [-0.25, -0.2) is 4.68 Å². The molecular weight excluding hydrogens is 238 g/mol. The van der Waals surface area contributed by atoms with Crippen LogP contribution in [0, 0.1) is 13.8 Å². The Kier molecular flexibility index (Phi) is 2.97. The second-order valence-electron chi connectivity index (χ2n) is 5.42. The van der Waals surface area contributed by atoms with Crippen molar-refractivity contribution in [2.45, 2.75) is 39.3 Å². The Labute approximate surface area is 113 Å². The van der Waals surface area contributed by atoms with Crippen LogP contribution < -0.4 is 4.90 Å².